The SMILES string of the molecule is BrCc1cc(Br)ccc1N1CCCCCCC1. The van der Waals surface area contributed by atoms with Crippen LogP contribution in [0, 0.1) is 0 Å². The van der Waals surface area contributed by atoms with Gasteiger partial charge in [-0.2, -0.15) is 0 Å². The molecule has 0 atom stereocenters. The monoisotopic (exact) mass is 359 g/mol. The third-order valence-corrected chi connectivity index (χ3v) is 4.48. The summed E-state index contributed by atoms with van der Waals surface area (Å²) >= 11 is 7.15. The molecule has 17 heavy (non-hydrogen) atoms. The van der Waals surface area contributed by atoms with Gasteiger partial charge in [0.25, 0.3) is 0 Å². The molecule has 0 unspecified atom stereocenters. The molecule has 3 heteroatoms. The molecule has 1 aliphatic rings. The van der Waals surface area contributed by atoms with Crippen LogP contribution in [0.2, 0.25) is 0 Å². The Morgan fingerprint density at radius 2 is 1.65 bits per heavy atom. The van der Waals surface area contributed by atoms with Gasteiger partial charge in [-0.3, -0.25) is 0 Å². The fourth-order valence-corrected chi connectivity index (χ4v) is 3.32. The third kappa shape index (κ3) is 3.72. The second kappa shape index (κ2) is 6.79. The van der Waals surface area contributed by atoms with Crippen molar-refractivity contribution in [2.24, 2.45) is 0 Å². The zero-order chi connectivity index (χ0) is 12.1. The normalized spacial score (nSPS) is 17.6. The van der Waals surface area contributed by atoms with Crippen LogP contribution in [0.1, 0.15) is 37.7 Å². The minimum absolute atomic E-state index is 0.929. The highest BCUT2D eigenvalue weighted by Gasteiger charge is 2.12. The molecule has 1 aliphatic heterocycles. The summed E-state index contributed by atoms with van der Waals surface area (Å²) in [4.78, 5) is 2.56. The second-order valence-corrected chi connectivity index (χ2v) is 6.14. The van der Waals surface area contributed by atoms with E-state index >= 15 is 0 Å². The summed E-state index contributed by atoms with van der Waals surface area (Å²) in [6.07, 6.45) is 6.85. The molecule has 0 aliphatic carbocycles. The number of halogens is 2. The van der Waals surface area contributed by atoms with Crippen molar-refractivity contribution in [1.29, 1.82) is 0 Å². The molecule has 1 fully saturated rings. The minimum Gasteiger partial charge on any atom is -0.371 e. The average molecular weight is 361 g/mol. The van der Waals surface area contributed by atoms with Crippen LogP contribution in [0.4, 0.5) is 5.69 Å². The summed E-state index contributed by atoms with van der Waals surface area (Å²) in [5.41, 5.74) is 2.80. The second-order valence-electron chi connectivity index (χ2n) is 4.66. The highest BCUT2D eigenvalue weighted by molar-refractivity contribution is 9.10. The maximum Gasteiger partial charge on any atom is 0.0408 e. The number of hydrogen-bond acceptors (Lipinski definition) is 1. The van der Waals surface area contributed by atoms with Crippen LogP contribution in [-0.4, -0.2) is 13.1 Å². The fourth-order valence-electron chi connectivity index (χ4n) is 2.46. The Morgan fingerprint density at radius 3 is 2.29 bits per heavy atom. The van der Waals surface area contributed by atoms with Gasteiger partial charge in [0, 0.05) is 28.6 Å². The summed E-state index contributed by atoms with van der Waals surface area (Å²) in [6.45, 7) is 2.42. The van der Waals surface area contributed by atoms with Crippen molar-refractivity contribution in [3.05, 3.63) is 28.2 Å². The Hall–Kier alpha value is -0.0200. The topological polar surface area (TPSA) is 3.24 Å². The molecule has 1 nitrogen and oxygen atoms in total. The molecule has 0 amide bonds. The number of anilines is 1. The van der Waals surface area contributed by atoms with Crippen LogP contribution < -0.4 is 4.90 Å². The quantitative estimate of drug-likeness (QED) is 0.662. The lowest BCUT2D eigenvalue weighted by Crippen LogP contribution is -2.27. The molecule has 1 aromatic carbocycles. The summed E-state index contributed by atoms with van der Waals surface area (Å²) in [5, 5.41) is 0.929. The molecule has 1 aromatic rings. The van der Waals surface area contributed by atoms with E-state index in [1.165, 1.54) is 60.9 Å². The molecular weight excluding hydrogens is 342 g/mol. The molecule has 0 N–H and O–H groups in total. The van der Waals surface area contributed by atoms with Crippen molar-refractivity contribution in [3.8, 4) is 0 Å². The predicted molar refractivity (Wildman–Crippen MR) is 82.1 cm³/mol. The van der Waals surface area contributed by atoms with Gasteiger partial charge < -0.3 is 4.90 Å². The van der Waals surface area contributed by atoms with Gasteiger partial charge in [0.05, 0.1) is 0 Å². The number of rotatable bonds is 2. The first-order chi connectivity index (χ1) is 8.31. The van der Waals surface area contributed by atoms with Gasteiger partial charge in [-0.25, -0.2) is 0 Å². The molecule has 0 saturated carbocycles. The Bertz CT molecular complexity index is 357. The molecular formula is C14H19Br2N. The van der Waals surface area contributed by atoms with E-state index in [4.69, 9.17) is 0 Å². The standard InChI is InChI=1S/C14H19Br2N/c15-11-12-10-13(16)6-7-14(12)17-8-4-2-1-3-5-9-17/h6-7,10H,1-5,8-9,11H2. The Labute approximate surface area is 121 Å². The van der Waals surface area contributed by atoms with Crippen molar-refractivity contribution in [2.75, 3.05) is 18.0 Å². The van der Waals surface area contributed by atoms with Crippen LogP contribution in [0.5, 0.6) is 0 Å². The highest BCUT2D eigenvalue weighted by Crippen LogP contribution is 2.28. The lowest BCUT2D eigenvalue weighted by molar-refractivity contribution is 0.556. The molecule has 2 rings (SSSR count). The maximum atomic E-state index is 3.60. The number of nitrogens with zero attached hydrogens (tertiary/aromatic N) is 1. The first-order valence-electron chi connectivity index (χ1n) is 6.40. The molecule has 0 bridgehead atoms. The van der Waals surface area contributed by atoms with E-state index in [2.05, 4.69) is 55.0 Å². The number of alkyl halides is 1. The molecule has 94 valence electrons. The van der Waals surface area contributed by atoms with Crippen molar-refractivity contribution >= 4 is 37.5 Å². The van der Waals surface area contributed by atoms with Gasteiger partial charge in [-0.15, -0.1) is 0 Å². The van der Waals surface area contributed by atoms with E-state index < -0.39 is 0 Å². The van der Waals surface area contributed by atoms with Crippen molar-refractivity contribution < 1.29 is 0 Å². The Kier molecular flexibility index (Phi) is 5.36. The first-order valence-corrected chi connectivity index (χ1v) is 8.32. The molecule has 0 spiro atoms. The minimum atomic E-state index is 0.929. The summed E-state index contributed by atoms with van der Waals surface area (Å²) in [5.74, 6) is 0. The van der Waals surface area contributed by atoms with Gasteiger partial charge in [0.15, 0.2) is 0 Å². The van der Waals surface area contributed by atoms with Crippen LogP contribution in [-0.2, 0) is 5.33 Å². The predicted octanol–water partition coefficient (Wildman–Crippen LogP) is 5.11. The zero-order valence-electron chi connectivity index (χ0n) is 10.1. The van der Waals surface area contributed by atoms with Crippen LogP contribution in [0.15, 0.2) is 22.7 Å². The Balaban J connectivity index is 2.18. The molecule has 1 saturated heterocycles. The maximum absolute atomic E-state index is 3.60. The van der Waals surface area contributed by atoms with E-state index in [0.717, 1.165) is 5.33 Å². The largest absolute Gasteiger partial charge is 0.371 e. The average Bonchev–Trinajstić information content (AvgIpc) is 2.29. The number of hydrogen-bond donors (Lipinski definition) is 0. The van der Waals surface area contributed by atoms with Gasteiger partial charge in [-0.05, 0) is 36.6 Å². The fraction of sp³-hybridized carbons (Fsp3) is 0.571. The van der Waals surface area contributed by atoms with E-state index in [9.17, 15) is 0 Å². The van der Waals surface area contributed by atoms with E-state index in [1.807, 2.05) is 0 Å². The van der Waals surface area contributed by atoms with E-state index in [0.29, 0.717) is 0 Å². The Morgan fingerprint density at radius 1 is 1.00 bits per heavy atom. The lowest BCUT2D eigenvalue weighted by Gasteiger charge is -2.28. The van der Waals surface area contributed by atoms with Crippen molar-refractivity contribution in [1.82, 2.24) is 0 Å². The molecule has 1 heterocycles. The van der Waals surface area contributed by atoms with Crippen LogP contribution >= 0.6 is 31.9 Å². The van der Waals surface area contributed by atoms with Gasteiger partial charge >= 0.3 is 0 Å². The highest BCUT2D eigenvalue weighted by atomic mass is 79.9. The lowest BCUT2D eigenvalue weighted by atomic mass is 10.1. The van der Waals surface area contributed by atoms with E-state index in [1.54, 1.807) is 0 Å². The molecule has 0 aromatic heterocycles. The van der Waals surface area contributed by atoms with E-state index in [-0.39, 0.29) is 0 Å². The zero-order valence-corrected chi connectivity index (χ0v) is 13.3. The van der Waals surface area contributed by atoms with Gasteiger partial charge in [0.1, 0.15) is 0 Å². The smallest absolute Gasteiger partial charge is 0.0408 e. The van der Waals surface area contributed by atoms with Crippen molar-refractivity contribution in [3.63, 3.8) is 0 Å². The van der Waals surface area contributed by atoms with Gasteiger partial charge in [-0.1, -0.05) is 51.1 Å². The molecule has 0 radical (unpaired) electrons. The number of benzene rings is 1. The van der Waals surface area contributed by atoms with Crippen LogP contribution in [0.25, 0.3) is 0 Å². The summed E-state index contributed by atoms with van der Waals surface area (Å²) in [7, 11) is 0. The summed E-state index contributed by atoms with van der Waals surface area (Å²) < 4.78 is 1.17. The summed E-state index contributed by atoms with van der Waals surface area (Å²) in [6, 6.07) is 6.63. The van der Waals surface area contributed by atoms with Gasteiger partial charge in [0.2, 0.25) is 0 Å². The third-order valence-electron chi connectivity index (χ3n) is 3.38. The van der Waals surface area contributed by atoms with Crippen LogP contribution in [0.3, 0.4) is 0 Å². The first kappa shape index (κ1) is 13.4. The van der Waals surface area contributed by atoms with Crippen molar-refractivity contribution in [2.45, 2.75) is 37.4 Å².